The predicted octanol–water partition coefficient (Wildman–Crippen LogP) is 1.66. The van der Waals surface area contributed by atoms with Crippen molar-refractivity contribution in [1.29, 1.82) is 5.26 Å². The fraction of sp³-hybridized carbons (Fsp3) is 0.692. The molecule has 0 saturated carbocycles. The number of hydrogen-bond donors (Lipinski definition) is 0. The standard InChI is InChI=1S/C13H20N4S/c1-3-16-6-8-17(9-7-16)10-13-15-11(2)12(18-13)4-5-14/h3-4,6-10H2,1-2H3. The fourth-order valence-electron chi connectivity index (χ4n) is 2.25. The molecule has 0 atom stereocenters. The van der Waals surface area contributed by atoms with Gasteiger partial charge in [-0.3, -0.25) is 4.90 Å². The summed E-state index contributed by atoms with van der Waals surface area (Å²) in [5.41, 5.74) is 1.03. The summed E-state index contributed by atoms with van der Waals surface area (Å²) in [7, 11) is 0. The van der Waals surface area contributed by atoms with Gasteiger partial charge in [-0.05, 0) is 13.5 Å². The number of hydrogen-bond acceptors (Lipinski definition) is 5. The van der Waals surface area contributed by atoms with Gasteiger partial charge in [-0.2, -0.15) is 5.26 Å². The lowest BCUT2D eigenvalue weighted by Crippen LogP contribution is -2.45. The third kappa shape index (κ3) is 3.29. The van der Waals surface area contributed by atoms with E-state index < -0.39 is 0 Å². The van der Waals surface area contributed by atoms with Crippen molar-refractivity contribution in [2.24, 2.45) is 0 Å². The van der Waals surface area contributed by atoms with E-state index in [2.05, 4.69) is 27.8 Å². The highest BCUT2D eigenvalue weighted by Gasteiger charge is 2.17. The maximum atomic E-state index is 8.74. The van der Waals surface area contributed by atoms with Crippen molar-refractivity contribution in [3.63, 3.8) is 0 Å². The lowest BCUT2D eigenvalue weighted by Gasteiger charge is -2.33. The number of aryl methyl sites for hydroxylation is 1. The molecule has 1 aromatic heterocycles. The molecule has 0 spiro atoms. The van der Waals surface area contributed by atoms with Crippen LogP contribution in [0, 0.1) is 18.3 Å². The molecule has 1 saturated heterocycles. The van der Waals surface area contributed by atoms with Crippen molar-refractivity contribution in [1.82, 2.24) is 14.8 Å². The molecule has 0 bridgehead atoms. The van der Waals surface area contributed by atoms with Gasteiger partial charge in [0, 0.05) is 31.1 Å². The van der Waals surface area contributed by atoms with Crippen LogP contribution in [0.3, 0.4) is 0 Å². The first-order chi connectivity index (χ1) is 8.72. The molecule has 0 N–H and O–H groups in total. The Morgan fingerprint density at radius 2 is 1.94 bits per heavy atom. The molecule has 2 heterocycles. The van der Waals surface area contributed by atoms with E-state index >= 15 is 0 Å². The van der Waals surface area contributed by atoms with Crippen molar-refractivity contribution in [2.45, 2.75) is 26.8 Å². The zero-order valence-electron chi connectivity index (χ0n) is 11.1. The van der Waals surface area contributed by atoms with Crippen molar-refractivity contribution in [3.05, 3.63) is 15.6 Å². The second kappa shape index (κ2) is 6.28. The van der Waals surface area contributed by atoms with E-state index in [1.807, 2.05) is 6.92 Å². The van der Waals surface area contributed by atoms with Crippen LogP contribution in [0.15, 0.2) is 0 Å². The summed E-state index contributed by atoms with van der Waals surface area (Å²) in [6.07, 6.45) is 0.493. The number of nitrogens with zero attached hydrogens (tertiary/aromatic N) is 4. The van der Waals surface area contributed by atoms with Gasteiger partial charge in [0.15, 0.2) is 0 Å². The van der Waals surface area contributed by atoms with E-state index in [1.54, 1.807) is 11.3 Å². The fourth-order valence-corrected chi connectivity index (χ4v) is 3.29. The van der Waals surface area contributed by atoms with Crippen LogP contribution >= 0.6 is 11.3 Å². The highest BCUT2D eigenvalue weighted by atomic mass is 32.1. The van der Waals surface area contributed by atoms with Crippen molar-refractivity contribution in [3.8, 4) is 6.07 Å². The minimum absolute atomic E-state index is 0.493. The van der Waals surface area contributed by atoms with Gasteiger partial charge in [-0.25, -0.2) is 4.98 Å². The summed E-state index contributed by atoms with van der Waals surface area (Å²) in [5, 5.41) is 9.90. The Hall–Kier alpha value is -0.960. The molecular formula is C13H20N4S. The van der Waals surface area contributed by atoms with Gasteiger partial charge in [0.25, 0.3) is 0 Å². The van der Waals surface area contributed by atoms with Crippen LogP contribution in [-0.2, 0) is 13.0 Å². The van der Waals surface area contributed by atoms with E-state index in [0.717, 1.165) is 54.8 Å². The maximum Gasteiger partial charge on any atom is 0.107 e. The van der Waals surface area contributed by atoms with E-state index in [-0.39, 0.29) is 0 Å². The molecule has 2 rings (SSSR count). The summed E-state index contributed by atoms with van der Waals surface area (Å²) in [6.45, 7) is 10.9. The monoisotopic (exact) mass is 264 g/mol. The molecule has 0 aliphatic carbocycles. The van der Waals surface area contributed by atoms with Gasteiger partial charge in [-0.1, -0.05) is 6.92 Å². The molecule has 0 aromatic carbocycles. The zero-order chi connectivity index (χ0) is 13.0. The number of aromatic nitrogens is 1. The molecule has 0 amide bonds. The lowest BCUT2D eigenvalue weighted by atomic mass is 10.3. The van der Waals surface area contributed by atoms with Crippen molar-refractivity contribution >= 4 is 11.3 Å². The average Bonchev–Trinajstić information content (AvgIpc) is 2.71. The third-order valence-corrected chi connectivity index (χ3v) is 4.59. The SMILES string of the molecule is CCN1CCN(Cc2nc(C)c(CC#N)s2)CC1. The molecular weight excluding hydrogens is 244 g/mol. The molecule has 0 unspecified atom stereocenters. The van der Waals surface area contributed by atoms with Gasteiger partial charge in [0.05, 0.1) is 24.7 Å². The first-order valence-corrected chi connectivity index (χ1v) is 7.31. The number of piperazine rings is 1. The number of thiazole rings is 1. The van der Waals surface area contributed by atoms with Gasteiger partial charge >= 0.3 is 0 Å². The van der Waals surface area contributed by atoms with Crippen LogP contribution in [0.25, 0.3) is 0 Å². The second-order valence-electron chi connectivity index (χ2n) is 4.66. The van der Waals surface area contributed by atoms with E-state index in [4.69, 9.17) is 5.26 Å². The third-order valence-electron chi connectivity index (χ3n) is 3.45. The Bertz CT molecular complexity index is 427. The molecule has 0 radical (unpaired) electrons. The maximum absolute atomic E-state index is 8.74. The van der Waals surface area contributed by atoms with Gasteiger partial charge in [0.2, 0.25) is 0 Å². The van der Waals surface area contributed by atoms with Crippen LogP contribution < -0.4 is 0 Å². The Labute approximate surface area is 113 Å². The number of likely N-dealkylation sites (N-methyl/N-ethyl adjacent to an activating group) is 1. The molecule has 1 aliphatic heterocycles. The van der Waals surface area contributed by atoms with Crippen LogP contribution in [-0.4, -0.2) is 47.5 Å². The van der Waals surface area contributed by atoms with Crippen molar-refractivity contribution in [2.75, 3.05) is 32.7 Å². The topological polar surface area (TPSA) is 43.2 Å². The van der Waals surface area contributed by atoms with E-state index in [9.17, 15) is 0 Å². The number of rotatable bonds is 4. The highest BCUT2D eigenvalue weighted by Crippen LogP contribution is 2.20. The molecule has 18 heavy (non-hydrogen) atoms. The number of nitriles is 1. The van der Waals surface area contributed by atoms with E-state index in [0.29, 0.717) is 6.42 Å². The molecule has 5 heteroatoms. The summed E-state index contributed by atoms with van der Waals surface area (Å²) in [5.74, 6) is 0. The zero-order valence-corrected chi connectivity index (χ0v) is 12.0. The second-order valence-corrected chi connectivity index (χ2v) is 5.83. The largest absolute Gasteiger partial charge is 0.301 e. The Kier molecular flexibility index (Phi) is 4.70. The first kappa shape index (κ1) is 13.5. The summed E-state index contributed by atoms with van der Waals surface area (Å²) in [6, 6.07) is 2.21. The minimum atomic E-state index is 0.493. The van der Waals surface area contributed by atoms with Gasteiger partial charge in [-0.15, -0.1) is 11.3 Å². The molecule has 98 valence electrons. The molecule has 1 aromatic rings. The smallest absolute Gasteiger partial charge is 0.107 e. The van der Waals surface area contributed by atoms with Crippen LogP contribution in [0.5, 0.6) is 0 Å². The highest BCUT2D eigenvalue weighted by molar-refractivity contribution is 7.11. The molecule has 1 fully saturated rings. The molecule has 4 nitrogen and oxygen atoms in total. The van der Waals surface area contributed by atoms with Crippen LogP contribution in [0.4, 0.5) is 0 Å². The Morgan fingerprint density at radius 3 is 2.56 bits per heavy atom. The van der Waals surface area contributed by atoms with Crippen molar-refractivity contribution < 1.29 is 0 Å². The van der Waals surface area contributed by atoms with E-state index in [1.165, 1.54) is 0 Å². The van der Waals surface area contributed by atoms with Gasteiger partial charge < -0.3 is 4.90 Å². The Morgan fingerprint density at radius 1 is 1.28 bits per heavy atom. The van der Waals surface area contributed by atoms with Gasteiger partial charge in [0.1, 0.15) is 5.01 Å². The van der Waals surface area contributed by atoms with Crippen LogP contribution in [0.2, 0.25) is 0 Å². The lowest BCUT2D eigenvalue weighted by molar-refractivity contribution is 0.132. The summed E-state index contributed by atoms with van der Waals surface area (Å²) in [4.78, 5) is 10.6. The Balaban J connectivity index is 1.90. The van der Waals surface area contributed by atoms with Crippen LogP contribution in [0.1, 0.15) is 22.5 Å². The predicted molar refractivity (Wildman–Crippen MR) is 73.6 cm³/mol. The molecule has 1 aliphatic rings. The minimum Gasteiger partial charge on any atom is -0.301 e. The first-order valence-electron chi connectivity index (χ1n) is 6.49. The quantitative estimate of drug-likeness (QED) is 0.829. The summed E-state index contributed by atoms with van der Waals surface area (Å²) >= 11 is 1.70. The summed E-state index contributed by atoms with van der Waals surface area (Å²) < 4.78 is 0. The normalized spacial score (nSPS) is 17.8. The average molecular weight is 264 g/mol.